The van der Waals surface area contributed by atoms with E-state index in [-0.39, 0.29) is 23.2 Å². The maximum absolute atomic E-state index is 13.3. The zero-order valence-corrected chi connectivity index (χ0v) is 18.2. The molecule has 4 aromatic carbocycles. The van der Waals surface area contributed by atoms with Crippen LogP contribution in [0.15, 0.2) is 97.1 Å². The van der Waals surface area contributed by atoms with E-state index in [1.807, 2.05) is 48.5 Å². The number of amides is 2. The summed E-state index contributed by atoms with van der Waals surface area (Å²) >= 11 is 0. The molecule has 4 rings (SSSR count). The smallest absolute Gasteiger partial charge is 0.255 e. The molecular formula is C28H22F2N2O2. The molecule has 0 aliphatic carbocycles. The highest BCUT2D eigenvalue weighted by molar-refractivity contribution is 6.04. The average molecular weight is 456 g/mol. The van der Waals surface area contributed by atoms with Crippen LogP contribution < -0.4 is 10.6 Å². The van der Waals surface area contributed by atoms with Crippen molar-refractivity contribution in [1.82, 2.24) is 0 Å². The maximum atomic E-state index is 13.3. The number of rotatable bonds is 7. The van der Waals surface area contributed by atoms with Gasteiger partial charge in [0.1, 0.15) is 11.6 Å². The van der Waals surface area contributed by atoms with Crippen molar-refractivity contribution in [3.8, 4) is 0 Å². The van der Waals surface area contributed by atoms with Crippen LogP contribution in [0.4, 0.5) is 20.2 Å². The highest BCUT2D eigenvalue weighted by atomic mass is 19.1. The minimum atomic E-state index is -0.453. The van der Waals surface area contributed by atoms with Gasteiger partial charge in [0.25, 0.3) is 11.8 Å². The molecule has 4 nitrogen and oxygen atoms in total. The molecule has 170 valence electrons. The lowest BCUT2D eigenvalue weighted by molar-refractivity contribution is 0.101. The molecule has 4 aromatic rings. The molecule has 0 heterocycles. The summed E-state index contributed by atoms with van der Waals surface area (Å²) in [6, 6.07) is 26.0. The SMILES string of the molecule is O=C(Nc1ccc(CCc2ccc(NC(=O)c3cccc(F)c3)cc2)cc1)c1ccc(F)cc1. The Labute approximate surface area is 196 Å². The zero-order chi connectivity index (χ0) is 23.9. The first-order valence-corrected chi connectivity index (χ1v) is 10.8. The van der Waals surface area contributed by atoms with E-state index in [0.717, 1.165) is 24.0 Å². The molecule has 2 N–H and O–H groups in total. The molecular weight excluding hydrogens is 434 g/mol. The number of benzene rings is 4. The van der Waals surface area contributed by atoms with E-state index in [1.165, 1.54) is 42.5 Å². The summed E-state index contributed by atoms with van der Waals surface area (Å²) in [5.41, 5.74) is 4.18. The van der Waals surface area contributed by atoms with Gasteiger partial charge in [-0.15, -0.1) is 0 Å². The fourth-order valence-electron chi connectivity index (χ4n) is 3.44. The summed E-state index contributed by atoms with van der Waals surface area (Å²) in [6.45, 7) is 0. The van der Waals surface area contributed by atoms with Gasteiger partial charge < -0.3 is 10.6 Å². The molecule has 0 bridgehead atoms. The average Bonchev–Trinajstić information content (AvgIpc) is 2.85. The first-order chi connectivity index (χ1) is 16.5. The number of aryl methyl sites for hydroxylation is 2. The van der Waals surface area contributed by atoms with Crippen LogP contribution in [-0.4, -0.2) is 11.8 Å². The Balaban J connectivity index is 1.28. The van der Waals surface area contributed by atoms with Gasteiger partial charge in [-0.25, -0.2) is 8.78 Å². The monoisotopic (exact) mass is 456 g/mol. The minimum absolute atomic E-state index is 0.265. The number of halogens is 2. The van der Waals surface area contributed by atoms with Crippen molar-refractivity contribution in [3.05, 3.63) is 131 Å². The van der Waals surface area contributed by atoms with Crippen molar-refractivity contribution in [1.29, 1.82) is 0 Å². The van der Waals surface area contributed by atoms with Gasteiger partial charge >= 0.3 is 0 Å². The van der Waals surface area contributed by atoms with Crippen LogP contribution in [0.3, 0.4) is 0 Å². The van der Waals surface area contributed by atoms with Crippen molar-refractivity contribution in [2.24, 2.45) is 0 Å². The lowest BCUT2D eigenvalue weighted by Gasteiger charge is -2.08. The van der Waals surface area contributed by atoms with Crippen LogP contribution in [-0.2, 0) is 12.8 Å². The standard InChI is InChI=1S/C28H22F2N2O2/c29-23-12-10-21(11-13-23)27(33)31-25-14-6-19(7-15-25)4-5-20-8-16-26(17-9-20)32-28(34)22-2-1-3-24(30)18-22/h1-3,6-18H,4-5H2,(H,31,33)(H,32,34). The van der Waals surface area contributed by atoms with E-state index < -0.39 is 5.82 Å². The fourth-order valence-corrected chi connectivity index (χ4v) is 3.44. The predicted octanol–water partition coefficient (Wildman–Crippen LogP) is 6.25. The van der Waals surface area contributed by atoms with E-state index in [4.69, 9.17) is 0 Å². The van der Waals surface area contributed by atoms with Gasteiger partial charge in [0.2, 0.25) is 0 Å². The summed E-state index contributed by atoms with van der Waals surface area (Å²) in [6.07, 6.45) is 1.61. The van der Waals surface area contributed by atoms with Crippen LogP contribution in [0.1, 0.15) is 31.8 Å². The van der Waals surface area contributed by atoms with Crippen LogP contribution in [0.5, 0.6) is 0 Å². The summed E-state index contributed by atoms with van der Waals surface area (Å²) in [4.78, 5) is 24.5. The third-order valence-electron chi connectivity index (χ3n) is 5.32. The van der Waals surface area contributed by atoms with Crippen LogP contribution in [0.25, 0.3) is 0 Å². The molecule has 0 fully saturated rings. The zero-order valence-electron chi connectivity index (χ0n) is 18.2. The second-order valence-electron chi connectivity index (χ2n) is 7.82. The molecule has 6 heteroatoms. The molecule has 34 heavy (non-hydrogen) atoms. The first kappa shape index (κ1) is 22.9. The second-order valence-corrected chi connectivity index (χ2v) is 7.82. The third-order valence-corrected chi connectivity index (χ3v) is 5.32. The van der Waals surface area contributed by atoms with Crippen LogP contribution in [0.2, 0.25) is 0 Å². The minimum Gasteiger partial charge on any atom is -0.322 e. The number of hydrogen-bond donors (Lipinski definition) is 2. The largest absolute Gasteiger partial charge is 0.322 e. The highest BCUT2D eigenvalue weighted by Gasteiger charge is 2.08. The molecule has 0 spiro atoms. The number of carbonyl (C=O) groups excluding carboxylic acids is 2. The summed E-state index contributed by atoms with van der Waals surface area (Å²) in [7, 11) is 0. The lowest BCUT2D eigenvalue weighted by atomic mass is 10.0. The molecule has 0 radical (unpaired) electrons. The third kappa shape index (κ3) is 6.13. The van der Waals surface area contributed by atoms with Gasteiger partial charge in [0.15, 0.2) is 0 Å². The van der Waals surface area contributed by atoms with Gasteiger partial charge in [-0.2, -0.15) is 0 Å². The van der Waals surface area contributed by atoms with Gasteiger partial charge in [0.05, 0.1) is 0 Å². The fraction of sp³-hybridized carbons (Fsp3) is 0.0714. The van der Waals surface area contributed by atoms with Crippen molar-refractivity contribution in [3.63, 3.8) is 0 Å². The van der Waals surface area contributed by atoms with Gasteiger partial charge in [-0.05, 0) is 90.7 Å². The number of nitrogens with one attached hydrogen (secondary N) is 2. The Morgan fingerprint density at radius 2 is 1.06 bits per heavy atom. The summed E-state index contributed by atoms with van der Waals surface area (Å²) in [5, 5.41) is 5.56. The van der Waals surface area contributed by atoms with Crippen LogP contribution >= 0.6 is 0 Å². The number of anilines is 2. The molecule has 0 saturated carbocycles. The predicted molar refractivity (Wildman–Crippen MR) is 129 cm³/mol. The normalized spacial score (nSPS) is 10.5. The van der Waals surface area contributed by atoms with Crippen molar-refractivity contribution in [2.45, 2.75) is 12.8 Å². The first-order valence-electron chi connectivity index (χ1n) is 10.8. The Bertz CT molecular complexity index is 1290. The van der Waals surface area contributed by atoms with E-state index in [0.29, 0.717) is 16.9 Å². The quantitative estimate of drug-likeness (QED) is 0.345. The lowest BCUT2D eigenvalue weighted by Crippen LogP contribution is -2.12. The molecule has 0 atom stereocenters. The molecule has 0 aliphatic rings. The molecule has 2 amide bonds. The Hall–Kier alpha value is -4.32. The van der Waals surface area contributed by atoms with Gasteiger partial charge in [-0.3, -0.25) is 9.59 Å². The topological polar surface area (TPSA) is 58.2 Å². The summed E-state index contributed by atoms with van der Waals surface area (Å²) in [5.74, 6) is -1.49. The van der Waals surface area contributed by atoms with Gasteiger partial charge in [-0.1, -0.05) is 30.3 Å². The Morgan fingerprint density at radius 3 is 1.56 bits per heavy atom. The van der Waals surface area contributed by atoms with Crippen LogP contribution in [0, 0.1) is 11.6 Å². The molecule has 0 aliphatic heterocycles. The molecule has 0 unspecified atom stereocenters. The number of hydrogen-bond acceptors (Lipinski definition) is 2. The van der Waals surface area contributed by atoms with E-state index in [9.17, 15) is 18.4 Å². The summed E-state index contributed by atoms with van der Waals surface area (Å²) < 4.78 is 26.3. The van der Waals surface area contributed by atoms with Crippen molar-refractivity contribution >= 4 is 23.2 Å². The molecule has 0 saturated heterocycles. The van der Waals surface area contributed by atoms with E-state index in [2.05, 4.69) is 10.6 Å². The highest BCUT2D eigenvalue weighted by Crippen LogP contribution is 2.16. The molecule has 0 aromatic heterocycles. The second kappa shape index (κ2) is 10.5. The van der Waals surface area contributed by atoms with Crippen molar-refractivity contribution < 1.29 is 18.4 Å². The van der Waals surface area contributed by atoms with E-state index in [1.54, 1.807) is 6.07 Å². The number of carbonyl (C=O) groups is 2. The van der Waals surface area contributed by atoms with Crippen molar-refractivity contribution in [2.75, 3.05) is 10.6 Å². The Morgan fingerprint density at radius 1 is 0.559 bits per heavy atom. The van der Waals surface area contributed by atoms with Gasteiger partial charge in [0, 0.05) is 22.5 Å². The Kier molecular flexibility index (Phi) is 7.08. The van der Waals surface area contributed by atoms with E-state index >= 15 is 0 Å². The maximum Gasteiger partial charge on any atom is 0.255 e.